The molecular weight excluding hydrogens is 298 g/mol. The van der Waals surface area contributed by atoms with Crippen LogP contribution in [0.15, 0.2) is 30.7 Å². The van der Waals surface area contributed by atoms with Crippen molar-refractivity contribution >= 4 is 17.6 Å². The van der Waals surface area contributed by atoms with Crippen molar-refractivity contribution in [2.75, 3.05) is 11.9 Å². The summed E-state index contributed by atoms with van der Waals surface area (Å²) >= 11 is 0. The Bertz CT molecular complexity index is 673. The number of esters is 1. The molecule has 0 saturated carbocycles. The van der Waals surface area contributed by atoms with Gasteiger partial charge in [-0.2, -0.15) is 18.6 Å². The van der Waals surface area contributed by atoms with Crippen molar-refractivity contribution in [2.24, 2.45) is 0 Å². The third kappa shape index (κ3) is 3.25. The zero-order valence-corrected chi connectivity index (χ0v) is 11.5. The molecule has 0 aromatic carbocycles. The van der Waals surface area contributed by atoms with Crippen LogP contribution in [0.2, 0.25) is 0 Å². The van der Waals surface area contributed by atoms with E-state index in [0.717, 1.165) is 6.20 Å². The van der Waals surface area contributed by atoms with Crippen molar-refractivity contribution in [3.05, 3.63) is 42.0 Å². The molecule has 9 heteroatoms. The summed E-state index contributed by atoms with van der Waals surface area (Å²) in [4.78, 5) is 27.6. The van der Waals surface area contributed by atoms with Crippen LogP contribution in [-0.2, 0) is 4.74 Å². The number of hydrogen-bond donors (Lipinski definition) is 1. The molecule has 2 aromatic heterocycles. The fourth-order valence-electron chi connectivity index (χ4n) is 1.70. The number of nitrogens with zero attached hydrogens (tertiary/aromatic N) is 3. The second kappa shape index (κ2) is 6.74. The number of anilines is 1. The maximum Gasteiger partial charge on any atom is 0.359 e. The minimum Gasteiger partial charge on any atom is -0.461 e. The van der Waals surface area contributed by atoms with E-state index >= 15 is 0 Å². The molecule has 2 aromatic rings. The van der Waals surface area contributed by atoms with Gasteiger partial charge < -0.3 is 10.1 Å². The van der Waals surface area contributed by atoms with E-state index in [9.17, 15) is 18.4 Å². The molecule has 0 aliphatic rings. The topological polar surface area (TPSA) is 86.1 Å². The monoisotopic (exact) mass is 310 g/mol. The van der Waals surface area contributed by atoms with Crippen LogP contribution in [0.4, 0.5) is 14.5 Å². The molecule has 0 saturated heterocycles. The summed E-state index contributed by atoms with van der Waals surface area (Å²) < 4.78 is 30.6. The number of hydrogen-bond acceptors (Lipinski definition) is 5. The van der Waals surface area contributed by atoms with E-state index < -0.39 is 24.1 Å². The predicted molar refractivity (Wildman–Crippen MR) is 71.6 cm³/mol. The first-order chi connectivity index (χ1) is 10.5. The van der Waals surface area contributed by atoms with Crippen LogP contribution in [0, 0.1) is 0 Å². The van der Waals surface area contributed by atoms with Gasteiger partial charge in [-0.1, -0.05) is 0 Å². The Labute approximate surface area is 123 Å². The van der Waals surface area contributed by atoms with Crippen molar-refractivity contribution in [3.63, 3.8) is 0 Å². The van der Waals surface area contributed by atoms with E-state index in [-0.39, 0.29) is 22.5 Å². The third-order valence-corrected chi connectivity index (χ3v) is 2.62. The molecule has 0 unspecified atom stereocenters. The standard InChI is InChI=1S/C13H12F2N4O3/c1-2-22-12(21)10-9(7-17-19(10)13(14)15)18-11(20)8-4-3-5-16-6-8/h3-7,13H,2H2,1H3,(H,18,20). The third-order valence-electron chi connectivity index (χ3n) is 2.62. The van der Waals surface area contributed by atoms with E-state index in [1.165, 1.54) is 25.4 Å². The van der Waals surface area contributed by atoms with Crippen LogP contribution >= 0.6 is 0 Å². The van der Waals surface area contributed by atoms with E-state index in [1.807, 2.05) is 0 Å². The minimum absolute atomic E-state index is 0.00322. The van der Waals surface area contributed by atoms with Gasteiger partial charge in [-0.15, -0.1) is 0 Å². The fourth-order valence-corrected chi connectivity index (χ4v) is 1.70. The second-order valence-electron chi connectivity index (χ2n) is 4.05. The molecule has 0 atom stereocenters. The highest BCUT2D eigenvalue weighted by Gasteiger charge is 2.25. The number of nitrogens with one attached hydrogen (secondary N) is 1. The summed E-state index contributed by atoms with van der Waals surface area (Å²) in [5, 5.41) is 5.75. The number of halogens is 2. The average Bonchev–Trinajstić information content (AvgIpc) is 2.92. The van der Waals surface area contributed by atoms with E-state index in [4.69, 9.17) is 4.74 Å². The van der Waals surface area contributed by atoms with Crippen molar-refractivity contribution in [1.29, 1.82) is 0 Å². The second-order valence-corrected chi connectivity index (χ2v) is 4.05. The molecule has 0 bridgehead atoms. The largest absolute Gasteiger partial charge is 0.461 e. The Morgan fingerprint density at radius 1 is 1.41 bits per heavy atom. The normalized spacial score (nSPS) is 10.5. The summed E-state index contributed by atoms with van der Waals surface area (Å²) in [5.41, 5.74) is -0.469. The Morgan fingerprint density at radius 3 is 2.77 bits per heavy atom. The molecule has 0 spiro atoms. The van der Waals surface area contributed by atoms with Crippen molar-refractivity contribution < 1.29 is 23.1 Å². The van der Waals surface area contributed by atoms with Gasteiger partial charge in [0.15, 0.2) is 5.69 Å². The van der Waals surface area contributed by atoms with Gasteiger partial charge in [0.05, 0.1) is 24.1 Å². The first-order valence-corrected chi connectivity index (χ1v) is 6.28. The molecule has 0 aliphatic carbocycles. The molecule has 0 fully saturated rings. The van der Waals surface area contributed by atoms with Gasteiger partial charge in [0.2, 0.25) is 0 Å². The summed E-state index contributed by atoms with van der Waals surface area (Å²) in [6, 6.07) is 3.04. The summed E-state index contributed by atoms with van der Waals surface area (Å²) in [6.07, 6.45) is 3.75. The number of rotatable bonds is 5. The highest BCUT2D eigenvalue weighted by atomic mass is 19.3. The van der Waals surface area contributed by atoms with E-state index in [1.54, 1.807) is 6.07 Å². The predicted octanol–water partition coefficient (Wildman–Crippen LogP) is 2.10. The first-order valence-electron chi connectivity index (χ1n) is 6.28. The van der Waals surface area contributed by atoms with E-state index in [0.29, 0.717) is 0 Å². The Hall–Kier alpha value is -2.84. The molecule has 1 amide bonds. The van der Waals surface area contributed by atoms with Gasteiger partial charge in [-0.25, -0.2) is 4.79 Å². The maximum absolute atomic E-state index is 12.9. The summed E-state index contributed by atoms with van der Waals surface area (Å²) in [7, 11) is 0. The van der Waals surface area contributed by atoms with Crippen LogP contribution in [0.1, 0.15) is 34.3 Å². The minimum atomic E-state index is -3.04. The van der Waals surface area contributed by atoms with Gasteiger partial charge in [0, 0.05) is 12.4 Å². The van der Waals surface area contributed by atoms with Crippen LogP contribution in [0.3, 0.4) is 0 Å². The quantitative estimate of drug-likeness (QED) is 0.855. The molecule has 2 rings (SSSR count). The van der Waals surface area contributed by atoms with Gasteiger partial charge in [0.25, 0.3) is 5.91 Å². The highest BCUT2D eigenvalue weighted by Crippen LogP contribution is 2.22. The number of aromatic nitrogens is 3. The lowest BCUT2D eigenvalue weighted by molar-refractivity contribution is 0.0358. The van der Waals surface area contributed by atoms with Crippen molar-refractivity contribution in [2.45, 2.75) is 13.5 Å². The molecule has 22 heavy (non-hydrogen) atoms. The van der Waals surface area contributed by atoms with Gasteiger partial charge in [0.1, 0.15) is 0 Å². The Balaban J connectivity index is 2.31. The van der Waals surface area contributed by atoms with E-state index in [2.05, 4.69) is 15.4 Å². The zero-order chi connectivity index (χ0) is 16.1. The number of alkyl halides is 2. The smallest absolute Gasteiger partial charge is 0.359 e. The number of ether oxygens (including phenoxy) is 1. The van der Waals surface area contributed by atoms with Crippen LogP contribution < -0.4 is 5.32 Å². The molecular formula is C13H12F2N4O3. The van der Waals surface area contributed by atoms with Gasteiger partial charge in [-0.3, -0.25) is 9.78 Å². The number of carbonyl (C=O) groups excluding carboxylic acids is 2. The molecule has 0 radical (unpaired) electrons. The van der Waals surface area contributed by atoms with Crippen LogP contribution in [0.25, 0.3) is 0 Å². The molecule has 7 nitrogen and oxygen atoms in total. The molecule has 2 heterocycles. The average molecular weight is 310 g/mol. The Kier molecular flexibility index (Phi) is 4.77. The molecule has 0 aliphatic heterocycles. The maximum atomic E-state index is 12.9. The lowest BCUT2D eigenvalue weighted by Gasteiger charge is -2.08. The molecule has 116 valence electrons. The number of carbonyl (C=O) groups is 2. The van der Waals surface area contributed by atoms with Crippen LogP contribution in [0.5, 0.6) is 0 Å². The highest BCUT2D eigenvalue weighted by molar-refractivity contribution is 6.07. The van der Waals surface area contributed by atoms with Crippen LogP contribution in [-0.4, -0.2) is 33.2 Å². The first kappa shape index (κ1) is 15.5. The van der Waals surface area contributed by atoms with Crippen molar-refractivity contribution in [3.8, 4) is 0 Å². The fraction of sp³-hybridized carbons (Fsp3) is 0.231. The summed E-state index contributed by atoms with van der Waals surface area (Å²) in [5.74, 6) is -1.60. The lowest BCUT2D eigenvalue weighted by atomic mass is 10.2. The van der Waals surface area contributed by atoms with Crippen molar-refractivity contribution in [1.82, 2.24) is 14.8 Å². The molecule has 1 N–H and O–H groups in total. The summed E-state index contributed by atoms with van der Waals surface area (Å²) in [6.45, 7) is -1.50. The van der Waals surface area contributed by atoms with Gasteiger partial charge in [-0.05, 0) is 19.1 Å². The number of pyridine rings is 1. The zero-order valence-electron chi connectivity index (χ0n) is 11.5. The lowest BCUT2D eigenvalue weighted by Crippen LogP contribution is -2.18. The van der Waals surface area contributed by atoms with Gasteiger partial charge >= 0.3 is 12.5 Å². The SMILES string of the molecule is CCOC(=O)c1c(NC(=O)c2cccnc2)cnn1C(F)F. The Morgan fingerprint density at radius 2 is 2.18 bits per heavy atom. The number of amides is 1.